The molecule has 0 saturated carbocycles. The first-order chi connectivity index (χ1) is 17.2. The Labute approximate surface area is 209 Å². The fourth-order valence-electron chi connectivity index (χ4n) is 4.06. The van der Waals surface area contributed by atoms with Crippen LogP contribution in [0.1, 0.15) is 48.2 Å². The van der Waals surface area contributed by atoms with E-state index in [4.69, 9.17) is 5.26 Å². The zero-order valence-corrected chi connectivity index (χ0v) is 20.3. The highest BCUT2D eigenvalue weighted by molar-refractivity contribution is 5.78. The van der Waals surface area contributed by atoms with E-state index >= 15 is 0 Å². The first kappa shape index (κ1) is 27.0. The van der Waals surface area contributed by atoms with Gasteiger partial charge in [0.25, 0.3) is 0 Å². The molecule has 0 bridgehead atoms. The molecule has 9 heteroatoms. The summed E-state index contributed by atoms with van der Waals surface area (Å²) in [5, 5.41) is 15.1. The SMILES string of the molecule is CC(C)C[C@@H](CNCc1ccccc1C(F)(F)F)NC(=O)Cc1cncn1Cc1ccc(C#N)cc1. The Hall–Kier alpha value is -3.64. The van der Waals surface area contributed by atoms with Gasteiger partial charge in [-0.1, -0.05) is 44.2 Å². The maximum Gasteiger partial charge on any atom is 0.416 e. The lowest BCUT2D eigenvalue weighted by atomic mass is 10.0. The summed E-state index contributed by atoms with van der Waals surface area (Å²) in [5.41, 5.74) is 1.82. The first-order valence-corrected chi connectivity index (χ1v) is 11.8. The zero-order valence-electron chi connectivity index (χ0n) is 20.3. The number of aromatic nitrogens is 2. The molecule has 6 nitrogen and oxygen atoms in total. The van der Waals surface area contributed by atoms with E-state index in [1.54, 1.807) is 30.7 Å². The Balaban J connectivity index is 1.58. The van der Waals surface area contributed by atoms with E-state index in [0.29, 0.717) is 31.0 Å². The third kappa shape index (κ3) is 7.95. The molecule has 1 atom stereocenters. The summed E-state index contributed by atoms with van der Waals surface area (Å²) in [6.45, 7) is 4.98. The summed E-state index contributed by atoms with van der Waals surface area (Å²) in [5.74, 6) is 0.112. The fraction of sp³-hybridized carbons (Fsp3) is 0.370. The van der Waals surface area contributed by atoms with Gasteiger partial charge < -0.3 is 15.2 Å². The predicted octanol–water partition coefficient (Wildman–Crippen LogP) is 4.69. The van der Waals surface area contributed by atoms with Crippen LogP contribution in [0.3, 0.4) is 0 Å². The van der Waals surface area contributed by atoms with E-state index in [2.05, 4.69) is 21.7 Å². The van der Waals surface area contributed by atoms with Crippen molar-refractivity contribution >= 4 is 5.91 Å². The molecule has 36 heavy (non-hydrogen) atoms. The quantitative estimate of drug-likeness (QED) is 0.403. The van der Waals surface area contributed by atoms with Crippen molar-refractivity contribution in [3.05, 3.63) is 89.0 Å². The minimum Gasteiger partial charge on any atom is -0.352 e. The number of halogens is 3. The number of nitrogens with zero attached hydrogens (tertiary/aromatic N) is 3. The number of nitriles is 1. The van der Waals surface area contributed by atoms with E-state index in [1.807, 2.05) is 30.5 Å². The molecule has 190 valence electrons. The highest BCUT2D eigenvalue weighted by Gasteiger charge is 2.32. The van der Waals surface area contributed by atoms with Crippen molar-refractivity contribution in [2.75, 3.05) is 6.54 Å². The average Bonchev–Trinajstić information content (AvgIpc) is 3.25. The Morgan fingerprint density at radius 2 is 1.86 bits per heavy atom. The third-order valence-corrected chi connectivity index (χ3v) is 5.73. The van der Waals surface area contributed by atoms with E-state index in [1.165, 1.54) is 12.1 Å². The van der Waals surface area contributed by atoms with Crippen LogP contribution in [0.4, 0.5) is 13.2 Å². The van der Waals surface area contributed by atoms with Crippen molar-refractivity contribution in [1.29, 1.82) is 5.26 Å². The Morgan fingerprint density at radius 3 is 2.53 bits per heavy atom. The van der Waals surface area contributed by atoms with E-state index in [-0.39, 0.29) is 30.5 Å². The van der Waals surface area contributed by atoms with Gasteiger partial charge >= 0.3 is 6.18 Å². The number of alkyl halides is 3. The smallest absolute Gasteiger partial charge is 0.352 e. The van der Waals surface area contributed by atoms with Gasteiger partial charge in [0, 0.05) is 37.6 Å². The van der Waals surface area contributed by atoms with Crippen molar-refractivity contribution in [1.82, 2.24) is 20.2 Å². The van der Waals surface area contributed by atoms with Crippen LogP contribution in [0.15, 0.2) is 61.1 Å². The molecular formula is C27H30F3N5O. The van der Waals surface area contributed by atoms with Crippen LogP contribution >= 0.6 is 0 Å². The molecule has 0 unspecified atom stereocenters. The van der Waals surface area contributed by atoms with E-state index < -0.39 is 11.7 Å². The maximum absolute atomic E-state index is 13.3. The van der Waals surface area contributed by atoms with Gasteiger partial charge in [-0.25, -0.2) is 4.98 Å². The lowest BCUT2D eigenvalue weighted by Crippen LogP contribution is -2.43. The molecule has 2 aromatic carbocycles. The number of benzene rings is 2. The van der Waals surface area contributed by atoms with Gasteiger partial charge in [-0.05, 0) is 41.7 Å². The number of carbonyl (C=O) groups excluding carboxylic acids is 1. The van der Waals surface area contributed by atoms with Crippen molar-refractivity contribution in [2.45, 2.75) is 52.0 Å². The van der Waals surface area contributed by atoms with E-state index in [9.17, 15) is 18.0 Å². The highest BCUT2D eigenvalue weighted by Crippen LogP contribution is 2.31. The van der Waals surface area contributed by atoms with E-state index in [0.717, 1.165) is 17.3 Å². The molecule has 0 aliphatic carbocycles. The number of amides is 1. The van der Waals surface area contributed by atoms with Crippen LogP contribution < -0.4 is 10.6 Å². The number of rotatable bonds is 11. The predicted molar refractivity (Wildman–Crippen MR) is 131 cm³/mol. The molecular weight excluding hydrogens is 467 g/mol. The van der Waals surface area contributed by atoms with Crippen molar-refractivity contribution < 1.29 is 18.0 Å². The molecule has 0 aliphatic rings. The number of hydrogen-bond acceptors (Lipinski definition) is 4. The molecule has 0 fully saturated rings. The van der Waals surface area contributed by atoms with Crippen LogP contribution in [0, 0.1) is 17.2 Å². The van der Waals surface area contributed by atoms with Gasteiger partial charge in [-0.2, -0.15) is 18.4 Å². The molecule has 1 amide bonds. The normalized spacial score (nSPS) is 12.4. The Morgan fingerprint density at radius 1 is 1.14 bits per heavy atom. The number of hydrogen-bond donors (Lipinski definition) is 2. The molecule has 1 aromatic heterocycles. The minimum absolute atomic E-state index is 0.0531. The van der Waals surface area contributed by atoms with Crippen LogP contribution in [-0.2, 0) is 30.5 Å². The maximum atomic E-state index is 13.3. The molecule has 1 heterocycles. The molecule has 0 spiro atoms. The van der Waals surface area contributed by atoms with Crippen molar-refractivity contribution in [3.8, 4) is 6.07 Å². The van der Waals surface area contributed by atoms with Crippen molar-refractivity contribution in [3.63, 3.8) is 0 Å². The minimum atomic E-state index is -4.41. The summed E-state index contributed by atoms with van der Waals surface area (Å²) in [7, 11) is 0. The monoisotopic (exact) mass is 497 g/mol. The van der Waals surface area contributed by atoms with Gasteiger partial charge in [-0.3, -0.25) is 4.79 Å². The third-order valence-electron chi connectivity index (χ3n) is 5.73. The average molecular weight is 498 g/mol. The summed E-state index contributed by atoms with van der Waals surface area (Å²) in [4.78, 5) is 17.0. The summed E-state index contributed by atoms with van der Waals surface area (Å²) < 4.78 is 41.7. The Bertz CT molecular complexity index is 1180. The molecule has 3 aromatic rings. The van der Waals surface area contributed by atoms with Gasteiger partial charge in [0.05, 0.1) is 29.9 Å². The van der Waals surface area contributed by atoms with Crippen LogP contribution in [-0.4, -0.2) is 28.0 Å². The Kier molecular flexibility index (Phi) is 9.25. The van der Waals surface area contributed by atoms with Gasteiger partial charge in [-0.15, -0.1) is 0 Å². The largest absolute Gasteiger partial charge is 0.416 e. The molecule has 3 rings (SSSR count). The summed E-state index contributed by atoms with van der Waals surface area (Å²) in [6, 6.07) is 14.6. The number of imidazole rings is 1. The fourth-order valence-corrected chi connectivity index (χ4v) is 4.06. The topological polar surface area (TPSA) is 82.7 Å². The van der Waals surface area contributed by atoms with Crippen molar-refractivity contribution in [2.24, 2.45) is 5.92 Å². The lowest BCUT2D eigenvalue weighted by molar-refractivity contribution is -0.138. The van der Waals surface area contributed by atoms with Crippen LogP contribution in [0.5, 0.6) is 0 Å². The van der Waals surface area contributed by atoms with Gasteiger partial charge in [0.2, 0.25) is 5.91 Å². The highest BCUT2D eigenvalue weighted by atomic mass is 19.4. The number of carbonyl (C=O) groups is 1. The second-order valence-electron chi connectivity index (χ2n) is 9.18. The summed E-state index contributed by atoms with van der Waals surface area (Å²) in [6.07, 6.45) is -0.296. The molecule has 2 N–H and O–H groups in total. The molecule has 0 radical (unpaired) electrons. The number of nitrogens with one attached hydrogen (secondary N) is 2. The van der Waals surface area contributed by atoms with Gasteiger partial charge in [0.15, 0.2) is 0 Å². The lowest BCUT2D eigenvalue weighted by Gasteiger charge is -2.22. The molecule has 0 saturated heterocycles. The second kappa shape index (κ2) is 12.4. The van der Waals surface area contributed by atoms with Crippen LogP contribution in [0.2, 0.25) is 0 Å². The standard InChI is InChI=1S/C27H30F3N5O/c1-19(2)11-23(15-32-14-22-5-3-4-6-25(22)27(28,29)30)34-26(36)12-24-16-33-18-35(24)17-21-9-7-20(13-31)8-10-21/h3-10,16,18-19,23,32H,11-12,14-15,17H2,1-2H3,(H,34,36)/t23-/m0/s1. The summed E-state index contributed by atoms with van der Waals surface area (Å²) >= 11 is 0. The zero-order chi connectivity index (χ0) is 26.1. The molecule has 0 aliphatic heterocycles. The van der Waals surface area contributed by atoms with Gasteiger partial charge in [0.1, 0.15) is 0 Å². The second-order valence-corrected chi connectivity index (χ2v) is 9.18. The van der Waals surface area contributed by atoms with Crippen LogP contribution in [0.25, 0.3) is 0 Å². The first-order valence-electron chi connectivity index (χ1n) is 11.8.